The fourth-order valence-corrected chi connectivity index (χ4v) is 2.92. The molecule has 1 aliphatic heterocycles. The lowest BCUT2D eigenvalue weighted by atomic mass is 10.1. The highest BCUT2D eigenvalue weighted by Gasteiger charge is 2.22. The third-order valence-electron chi connectivity index (χ3n) is 2.55. The summed E-state index contributed by atoms with van der Waals surface area (Å²) in [4.78, 5) is 0. The van der Waals surface area contributed by atoms with Crippen LogP contribution in [0.5, 0.6) is 0 Å². The first kappa shape index (κ1) is 11.0. The molecule has 82 valence electrons. The molecule has 15 heavy (non-hydrogen) atoms. The molecule has 0 spiro atoms. The lowest BCUT2D eigenvalue weighted by Crippen LogP contribution is -2.13. The second-order valence-electron chi connectivity index (χ2n) is 3.91. The number of hydrogen-bond acceptors (Lipinski definition) is 3. The lowest BCUT2D eigenvalue weighted by molar-refractivity contribution is 0.185. The van der Waals surface area contributed by atoms with Crippen LogP contribution in [-0.2, 0) is 11.3 Å². The Morgan fingerprint density at radius 2 is 2.13 bits per heavy atom. The van der Waals surface area contributed by atoms with Crippen molar-refractivity contribution in [1.82, 2.24) is 5.32 Å². The summed E-state index contributed by atoms with van der Waals surface area (Å²) >= 11 is 2.00. The zero-order valence-electron chi connectivity index (χ0n) is 9.19. The van der Waals surface area contributed by atoms with Gasteiger partial charge < -0.3 is 10.1 Å². The van der Waals surface area contributed by atoms with Gasteiger partial charge in [0.2, 0.25) is 0 Å². The van der Waals surface area contributed by atoms with E-state index in [9.17, 15) is 0 Å². The van der Waals surface area contributed by atoms with Gasteiger partial charge in [-0.25, -0.2) is 0 Å². The maximum Gasteiger partial charge on any atom is 0.0792 e. The topological polar surface area (TPSA) is 21.3 Å². The molecule has 1 fully saturated rings. The van der Waals surface area contributed by atoms with Gasteiger partial charge in [-0.05, 0) is 11.1 Å². The van der Waals surface area contributed by atoms with Gasteiger partial charge in [-0.15, -0.1) is 11.8 Å². The Bertz CT molecular complexity index is 312. The standard InChI is InChI=1S/C12H17NOS/c1-9-7-13-12(15-9)11-5-3-10(4-6-11)8-14-2/h3-6,9,12-13H,7-8H2,1-2H3. The molecular formula is C12H17NOS. The molecule has 2 atom stereocenters. The van der Waals surface area contributed by atoms with Crippen molar-refractivity contribution in [2.45, 2.75) is 24.2 Å². The fourth-order valence-electron chi connectivity index (χ4n) is 1.75. The van der Waals surface area contributed by atoms with E-state index in [-0.39, 0.29) is 0 Å². The number of benzene rings is 1. The highest BCUT2D eigenvalue weighted by molar-refractivity contribution is 8.00. The fraction of sp³-hybridized carbons (Fsp3) is 0.500. The summed E-state index contributed by atoms with van der Waals surface area (Å²) in [5.74, 6) is 0. The van der Waals surface area contributed by atoms with Crippen LogP contribution in [0.25, 0.3) is 0 Å². The third kappa shape index (κ3) is 2.74. The molecular weight excluding hydrogens is 206 g/mol. The van der Waals surface area contributed by atoms with Gasteiger partial charge in [0.1, 0.15) is 0 Å². The number of methoxy groups -OCH3 is 1. The first-order valence-corrected chi connectivity index (χ1v) is 6.20. The summed E-state index contributed by atoms with van der Waals surface area (Å²) in [5, 5.41) is 4.69. The van der Waals surface area contributed by atoms with Crippen LogP contribution >= 0.6 is 11.8 Å². The van der Waals surface area contributed by atoms with Gasteiger partial charge in [0.25, 0.3) is 0 Å². The first-order chi connectivity index (χ1) is 7.29. The van der Waals surface area contributed by atoms with Crippen LogP contribution in [0.4, 0.5) is 0 Å². The van der Waals surface area contributed by atoms with Crippen LogP contribution in [0.1, 0.15) is 23.4 Å². The molecule has 0 radical (unpaired) electrons. The van der Waals surface area contributed by atoms with E-state index in [0.717, 1.165) is 6.54 Å². The molecule has 0 bridgehead atoms. The average molecular weight is 223 g/mol. The van der Waals surface area contributed by atoms with E-state index < -0.39 is 0 Å². The van der Waals surface area contributed by atoms with Gasteiger partial charge in [-0.1, -0.05) is 31.2 Å². The number of nitrogens with one attached hydrogen (secondary N) is 1. The number of rotatable bonds is 3. The van der Waals surface area contributed by atoms with E-state index in [1.165, 1.54) is 11.1 Å². The van der Waals surface area contributed by atoms with Crippen LogP contribution in [-0.4, -0.2) is 18.9 Å². The quantitative estimate of drug-likeness (QED) is 0.851. The van der Waals surface area contributed by atoms with Gasteiger partial charge in [-0.3, -0.25) is 0 Å². The molecule has 1 aromatic carbocycles. The largest absolute Gasteiger partial charge is 0.380 e. The van der Waals surface area contributed by atoms with Gasteiger partial charge in [0.15, 0.2) is 0 Å². The summed E-state index contributed by atoms with van der Waals surface area (Å²) in [5.41, 5.74) is 2.60. The smallest absolute Gasteiger partial charge is 0.0792 e. The zero-order valence-corrected chi connectivity index (χ0v) is 10.0. The summed E-state index contributed by atoms with van der Waals surface area (Å²) in [6.45, 7) is 4.06. The molecule has 1 N–H and O–H groups in total. The average Bonchev–Trinajstić information content (AvgIpc) is 2.67. The van der Waals surface area contributed by atoms with Crippen LogP contribution < -0.4 is 5.32 Å². The van der Waals surface area contributed by atoms with E-state index >= 15 is 0 Å². The number of thioether (sulfide) groups is 1. The Balaban J connectivity index is 2.03. The molecule has 2 unspecified atom stereocenters. The van der Waals surface area contributed by atoms with E-state index in [2.05, 4.69) is 36.5 Å². The molecule has 2 nitrogen and oxygen atoms in total. The molecule has 1 aromatic rings. The molecule has 3 heteroatoms. The van der Waals surface area contributed by atoms with E-state index in [1.54, 1.807) is 7.11 Å². The lowest BCUT2D eigenvalue weighted by Gasteiger charge is -2.10. The van der Waals surface area contributed by atoms with Gasteiger partial charge in [0.05, 0.1) is 12.0 Å². The van der Waals surface area contributed by atoms with E-state index in [4.69, 9.17) is 4.74 Å². The molecule has 0 saturated carbocycles. The van der Waals surface area contributed by atoms with Crippen molar-refractivity contribution in [1.29, 1.82) is 0 Å². The third-order valence-corrected chi connectivity index (χ3v) is 3.89. The zero-order chi connectivity index (χ0) is 10.7. The minimum Gasteiger partial charge on any atom is -0.380 e. The van der Waals surface area contributed by atoms with Crippen molar-refractivity contribution < 1.29 is 4.74 Å². The van der Waals surface area contributed by atoms with Crippen LogP contribution in [0.15, 0.2) is 24.3 Å². The Hall–Kier alpha value is -0.510. The van der Waals surface area contributed by atoms with Crippen molar-refractivity contribution in [2.24, 2.45) is 0 Å². The van der Waals surface area contributed by atoms with Crippen molar-refractivity contribution in [3.8, 4) is 0 Å². The summed E-state index contributed by atoms with van der Waals surface area (Å²) in [6, 6.07) is 8.67. The summed E-state index contributed by atoms with van der Waals surface area (Å²) in [7, 11) is 1.73. The maximum absolute atomic E-state index is 5.09. The molecule has 0 amide bonds. The SMILES string of the molecule is COCc1ccc(C2NCC(C)S2)cc1. The highest BCUT2D eigenvalue weighted by Crippen LogP contribution is 2.34. The Morgan fingerprint density at radius 3 is 2.67 bits per heavy atom. The first-order valence-electron chi connectivity index (χ1n) is 5.26. The second kappa shape index (κ2) is 5.01. The Kier molecular flexibility index (Phi) is 3.67. The molecule has 0 aliphatic carbocycles. The molecule has 0 aromatic heterocycles. The van der Waals surface area contributed by atoms with Crippen molar-refractivity contribution >= 4 is 11.8 Å². The van der Waals surface area contributed by atoms with Gasteiger partial charge in [-0.2, -0.15) is 0 Å². The molecule has 1 heterocycles. The predicted octanol–water partition coefficient (Wildman–Crippen LogP) is 2.56. The number of ether oxygens (including phenoxy) is 1. The Labute approximate surface area is 95.4 Å². The maximum atomic E-state index is 5.09. The number of hydrogen-bond donors (Lipinski definition) is 1. The Morgan fingerprint density at radius 1 is 1.40 bits per heavy atom. The van der Waals surface area contributed by atoms with Crippen molar-refractivity contribution in [2.75, 3.05) is 13.7 Å². The monoisotopic (exact) mass is 223 g/mol. The molecule has 1 saturated heterocycles. The minimum absolute atomic E-state index is 0.469. The van der Waals surface area contributed by atoms with Gasteiger partial charge in [0, 0.05) is 18.9 Å². The van der Waals surface area contributed by atoms with E-state index in [0.29, 0.717) is 17.2 Å². The van der Waals surface area contributed by atoms with Crippen LogP contribution in [0, 0.1) is 0 Å². The minimum atomic E-state index is 0.469. The van der Waals surface area contributed by atoms with Crippen molar-refractivity contribution in [3.63, 3.8) is 0 Å². The van der Waals surface area contributed by atoms with Gasteiger partial charge >= 0.3 is 0 Å². The molecule has 2 rings (SSSR count). The predicted molar refractivity (Wildman–Crippen MR) is 65.0 cm³/mol. The van der Waals surface area contributed by atoms with Crippen LogP contribution in [0.2, 0.25) is 0 Å². The summed E-state index contributed by atoms with van der Waals surface area (Å²) in [6.07, 6.45) is 0. The normalized spacial score (nSPS) is 25.7. The van der Waals surface area contributed by atoms with Crippen LogP contribution in [0.3, 0.4) is 0 Å². The van der Waals surface area contributed by atoms with Crippen molar-refractivity contribution in [3.05, 3.63) is 35.4 Å². The highest BCUT2D eigenvalue weighted by atomic mass is 32.2. The van der Waals surface area contributed by atoms with E-state index in [1.807, 2.05) is 11.8 Å². The summed E-state index contributed by atoms with van der Waals surface area (Å²) < 4.78 is 5.09. The second-order valence-corrected chi connectivity index (χ2v) is 5.46. The molecule has 1 aliphatic rings.